The van der Waals surface area contributed by atoms with Gasteiger partial charge in [-0.1, -0.05) is 41.4 Å². The van der Waals surface area contributed by atoms with Gasteiger partial charge in [0.2, 0.25) is 5.85 Å². The second-order valence-electron chi connectivity index (χ2n) is 13.2. The molecule has 258 valence electrons. The predicted octanol–water partition coefficient (Wildman–Crippen LogP) is 6.37. The van der Waals surface area contributed by atoms with Gasteiger partial charge in [-0.05, 0) is 75.6 Å². The summed E-state index contributed by atoms with van der Waals surface area (Å²) in [5.41, 5.74) is 2.34. The van der Waals surface area contributed by atoms with E-state index in [4.69, 9.17) is 32.7 Å². The first-order valence-corrected chi connectivity index (χ1v) is 17.7. The van der Waals surface area contributed by atoms with Crippen LogP contribution in [0.1, 0.15) is 67.8 Å². The van der Waals surface area contributed by atoms with Crippen LogP contribution >= 0.6 is 23.2 Å². The Bertz CT molecular complexity index is 1670. The number of carbonyl (C=O) groups is 3. The maximum absolute atomic E-state index is 14.8. The minimum Gasteiger partial charge on any atom is -0.481 e. The number of anilines is 1. The lowest BCUT2D eigenvalue weighted by Gasteiger charge is -2.48. The van der Waals surface area contributed by atoms with Gasteiger partial charge in [0, 0.05) is 68.4 Å². The molecule has 3 aliphatic rings. The Labute approximate surface area is 291 Å². The first-order valence-electron chi connectivity index (χ1n) is 17.0. The number of ether oxygens (including phenoxy) is 2. The number of Topliss-reactive ketones (excluding diaryl/α,β-unsaturated/α-hetero) is 1. The fraction of sp³-hybridized carbons (Fsp3) is 0.528. The highest BCUT2D eigenvalue weighted by molar-refractivity contribution is 6.36. The number of benzene rings is 2. The van der Waals surface area contributed by atoms with Crippen molar-refractivity contribution in [3.8, 4) is 0 Å². The summed E-state index contributed by atoms with van der Waals surface area (Å²) in [6, 6.07) is 10.9. The van der Waals surface area contributed by atoms with Crippen LogP contribution in [-0.2, 0) is 32.5 Å². The Kier molecular flexibility index (Phi) is 10.8. The molecule has 0 spiro atoms. The molecule has 2 saturated heterocycles. The molecule has 6 rings (SSSR count). The SMILES string of the molecule is CCO[C@H]1CCN(C(OC2CCC(C(=O)O)CC2)(C(=O)Cc2cc(Cl)c(NC(=O)c3cn(C)c4ccccc34)cc2Cl)N2CCCC2)C1. The van der Waals surface area contributed by atoms with Crippen LogP contribution in [-0.4, -0.2) is 88.0 Å². The quantitative estimate of drug-likeness (QED) is 0.224. The van der Waals surface area contributed by atoms with Crippen LogP contribution in [0.3, 0.4) is 0 Å². The van der Waals surface area contributed by atoms with Crippen molar-refractivity contribution in [3.63, 3.8) is 0 Å². The van der Waals surface area contributed by atoms with E-state index < -0.39 is 17.7 Å². The average Bonchev–Trinajstić information content (AvgIpc) is 3.85. The van der Waals surface area contributed by atoms with E-state index in [0.717, 1.165) is 30.2 Å². The van der Waals surface area contributed by atoms with Gasteiger partial charge in [-0.3, -0.25) is 24.2 Å². The van der Waals surface area contributed by atoms with Crippen molar-refractivity contribution in [3.05, 3.63) is 63.8 Å². The van der Waals surface area contributed by atoms with Gasteiger partial charge in [0.1, 0.15) is 0 Å². The zero-order valence-electron chi connectivity index (χ0n) is 27.6. The third-order valence-electron chi connectivity index (χ3n) is 10.1. The molecule has 1 unspecified atom stereocenters. The summed E-state index contributed by atoms with van der Waals surface area (Å²) in [5, 5.41) is 13.9. The number of fused-ring (bicyclic) bond motifs is 1. The smallest absolute Gasteiger partial charge is 0.306 e. The van der Waals surface area contributed by atoms with Gasteiger partial charge >= 0.3 is 5.97 Å². The molecule has 1 amide bonds. The Morgan fingerprint density at radius 3 is 2.40 bits per heavy atom. The predicted molar refractivity (Wildman–Crippen MR) is 186 cm³/mol. The van der Waals surface area contributed by atoms with Crippen LogP contribution in [0.15, 0.2) is 42.6 Å². The topological polar surface area (TPSA) is 113 Å². The first kappa shape index (κ1) is 34.9. The number of carboxylic acid groups (broad SMARTS) is 1. The van der Waals surface area contributed by atoms with Crippen molar-refractivity contribution in [2.75, 3.05) is 38.1 Å². The molecule has 1 saturated carbocycles. The second-order valence-corrected chi connectivity index (χ2v) is 14.0. The van der Waals surface area contributed by atoms with Crippen molar-refractivity contribution in [2.24, 2.45) is 13.0 Å². The lowest BCUT2D eigenvalue weighted by molar-refractivity contribution is -0.253. The monoisotopic (exact) mass is 698 g/mol. The summed E-state index contributed by atoms with van der Waals surface area (Å²) >= 11 is 13.6. The molecule has 2 atom stereocenters. The zero-order chi connectivity index (χ0) is 34.0. The first-order chi connectivity index (χ1) is 23.1. The molecule has 1 aliphatic carbocycles. The molecule has 12 heteroatoms. The minimum absolute atomic E-state index is 0.0150. The largest absolute Gasteiger partial charge is 0.481 e. The molecule has 2 aliphatic heterocycles. The number of aromatic nitrogens is 1. The lowest BCUT2D eigenvalue weighted by atomic mass is 9.87. The van der Waals surface area contributed by atoms with E-state index in [-0.39, 0.29) is 35.3 Å². The van der Waals surface area contributed by atoms with Gasteiger partial charge in [-0.15, -0.1) is 0 Å². The van der Waals surface area contributed by atoms with Gasteiger partial charge in [-0.25, -0.2) is 0 Å². The van der Waals surface area contributed by atoms with E-state index in [2.05, 4.69) is 15.1 Å². The van der Waals surface area contributed by atoms with Crippen LogP contribution in [0.4, 0.5) is 5.69 Å². The number of hydrogen-bond acceptors (Lipinski definition) is 7. The molecule has 3 aromatic rings. The highest BCUT2D eigenvalue weighted by Gasteiger charge is 2.54. The number of rotatable bonds is 12. The molecule has 2 N–H and O–H groups in total. The Morgan fingerprint density at radius 1 is 0.958 bits per heavy atom. The Balaban J connectivity index is 1.27. The fourth-order valence-corrected chi connectivity index (χ4v) is 8.11. The maximum Gasteiger partial charge on any atom is 0.306 e. The molecule has 0 bridgehead atoms. The molecule has 0 radical (unpaired) electrons. The van der Waals surface area contributed by atoms with E-state index in [0.29, 0.717) is 80.3 Å². The van der Waals surface area contributed by atoms with E-state index in [1.165, 1.54) is 0 Å². The van der Waals surface area contributed by atoms with Crippen LogP contribution in [0.2, 0.25) is 10.0 Å². The van der Waals surface area contributed by atoms with Crippen molar-refractivity contribution < 1.29 is 29.0 Å². The highest BCUT2D eigenvalue weighted by Crippen LogP contribution is 2.39. The molecule has 48 heavy (non-hydrogen) atoms. The van der Waals surface area contributed by atoms with Crippen molar-refractivity contribution >= 4 is 57.5 Å². The number of para-hydroxylation sites is 1. The molecular formula is C36H44Cl2N4O6. The van der Waals surface area contributed by atoms with Crippen molar-refractivity contribution in [1.82, 2.24) is 14.4 Å². The number of carbonyl (C=O) groups excluding carboxylic acids is 2. The van der Waals surface area contributed by atoms with Gasteiger partial charge in [0.25, 0.3) is 5.91 Å². The third kappa shape index (κ3) is 7.02. The number of likely N-dealkylation sites (tertiary alicyclic amines) is 2. The van der Waals surface area contributed by atoms with E-state index >= 15 is 0 Å². The molecule has 1 aromatic heterocycles. The number of nitrogens with zero attached hydrogens (tertiary/aromatic N) is 3. The van der Waals surface area contributed by atoms with E-state index in [9.17, 15) is 19.5 Å². The molecule has 10 nitrogen and oxygen atoms in total. The maximum atomic E-state index is 14.8. The minimum atomic E-state index is -1.35. The van der Waals surface area contributed by atoms with Crippen molar-refractivity contribution in [2.45, 2.75) is 76.3 Å². The van der Waals surface area contributed by atoms with E-state index in [1.807, 2.05) is 42.8 Å². The number of amides is 1. The number of carboxylic acids is 1. The summed E-state index contributed by atoms with van der Waals surface area (Å²) in [6.45, 7) is 5.15. The number of aryl methyl sites for hydroxylation is 1. The molecule has 2 aromatic carbocycles. The van der Waals surface area contributed by atoms with Crippen LogP contribution < -0.4 is 5.32 Å². The molecular weight excluding hydrogens is 655 g/mol. The number of ketones is 1. The van der Waals surface area contributed by atoms with Crippen LogP contribution in [0.25, 0.3) is 10.9 Å². The average molecular weight is 700 g/mol. The summed E-state index contributed by atoms with van der Waals surface area (Å²) in [6.07, 6.45) is 6.31. The number of halogens is 2. The summed E-state index contributed by atoms with van der Waals surface area (Å²) in [7, 11) is 1.89. The molecule has 3 fully saturated rings. The van der Waals surface area contributed by atoms with Crippen LogP contribution in [0, 0.1) is 5.92 Å². The van der Waals surface area contributed by atoms with Gasteiger partial charge in [0.05, 0.1) is 34.4 Å². The Hall–Kier alpha value is -2.99. The van der Waals surface area contributed by atoms with E-state index in [1.54, 1.807) is 18.3 Å². The summed E-state index contributed by atoms with van der Waals surface area (Å²) in [5.74, 6) is -2.98. The standard InChI is InChI=1S/C36H44Cl2N4O6/c1-3-47-26-14-17-42(21-26)36(41-15-6-7-16-41,48-25-12-10-23(11-13-25)35(45)46)33(43)19-24-18-30(38)31(20-29(24)37)39-34(44)28-22-40(2)32-9-5-4-8-27(28)32/h4-5,8-9,18,20,22-23,25-26H,3,6-7,10-17,19,21H2,1-2H3,(H,39,44)(H,45,46)/t23?,25?,26-,36?/m0/s1. The van der Waals surface area contributed by atoms with Crippen LogP contribution in [0.5, 0.6) is 0 Å². The lowest BCUT2D eigenvalue weighted by Crippen LogP contribution is -2.67. The number of hydrogen-bond donors (Lipinski definition) is 2. The summed E-state index contributed by atoms with van der Waals surface area (Å²) in [4.78, 5) is 44.1. The highest BCUT2D eigenvalue weighted by atomic mass is 35.5. The van der Waals surface area contributed by atoms with Gasteiger partial charge in [0.15, 0.2) is 5.78 Å². The zero-order valence-corrected chi connectivity index (χ0v) is 29.1. The van der Waals surface area contributed by atoms with Gasteiger partial charge in [-0.2, -0.15) is 0 Å². The normalized spacial score (nSPS) is 23.4. The number of aliphatic carboxylic acids is 1. The third-order valence-corrected chi connectivity index (χ3v) is 10.8. The fourth-order valence-electron chi connectivity index (χ4n) is 7.64. The number of nitrogens with one attached hydrogen (secondary N) is 1. The summed E-state index contributed by atoms with van der Waals surface area (Å²) < 4.78 is 14.9. The molecule has 3 heterocycles. The Morgan fingerprint density at radius 2 is 1.69 bits per heavy atom. The van der Waals surface area contributed by atoms with Gasteiger partial charge < -0.3 is 24.5 Å². The second kappa shape index (κ2) is 14.9. The van der Waals surface area contributed by atoms with Crippen molar-refractivity contribution in [1.29, 1.82) is 0 Å².